The highest BCUT2D eigenvalue weighted by Crippen LogP contribution is 2.29. The van der Waals surface area contributed by atoms with Crippen LogP contribution in [0, 0.1) is 0 Å². The van der Waals surface area contributed by atoms with E-state index in [2.05, 4.69) is 4.98 Å². The van der Waals surface area contributed by atoms with Crippen LogP contribution in [0.2, 0.25) is 5.02 Å². The Balaban J connectivity index is 2.48. The van der Waals surface area contributed by atoms with E-state index in [4.69, 9.17) is 16.3 Å². The predicted octanol–water partition coefficient (Wildman–Crippen LogP) is 3.40. The first-order valence-corrected chi connectivity index (χ1v) is 7.73. The Bertz CT molecular complexity index is 979. The van der Waals surface area contributed by atoms with Crippen molar-refractivity contribution in [2.75, 3.05) is 6.61 Å². The fraction of sp³-hybridized carbons (Fsp3) is 0.235. The van der Waals surface area contributed by atoms with Crippen molar-refractivity contribution in [3.05, 3.63) is 51.4 Å². The number of benzene rings is 1. The van der Waals surface area contributed by atoms with Gasteiger partial charge in [-0.2, -0.15) is 0 Å². The van der Waals surface area contributed by atoms with Crippen LogP contribution in [0.1, 0.15) is 24.2 Å². The lowest BCUT2D eigenvalue weighted by Crippen LogP contribution is -2.21. The van der Waals surface area contributed by atoms with Gasteiger partial charge in [0.1, 0.15) is 5.56 Å². The number of esters is 1. The van der Waals surface area contributed by atoms with Gasteiger partial charge in [-0.25, -0.2) is 4.79 Å². The van der Waals surface area contributed by atoms with Crippen molar-refractivity contribution in [3.8, 4) is 0 Å². The lowest BCUT2D eigenvalue weighted by Gasteiger charge is -2.13. The molecule has 3 aromatic rings. The molecule has 5 nitrogen and oxygen atoms in total. The molecule has 0 aliphatic carbocycles. The molecule has 0 unspecified atom stereocenters. The zero-order valence-corrected chi connectivity index (χ0v) is 13.6. The van der Waals surface area contributed by atoms with Crippen molar-refractivity contribution >= 4 is 39.4 Å². The summed E-state index contributed by atoms with van der Waals surface area (Å²) in [7, 11) is 0. The first-order valence-electron chi connectivity index (χ1n) is 7.36. The van der Waals surface area contributed by atoms with Gasteiger partial charge in [-0.15, -0.1) is 0 Å². The van der Waals surface area contributed by atoms with Gasteiger partial charge in [0, 0.05) is 24.3 Å². The predicted molar refractivity (Wildman–Crippen MR) is 90.1 cm³/mol. The molecule has 0 atom stereocenters. The summed E-state index contributed by atoms with van der Waals surface area (Å²) >= 11 is 6.29. The van der Waals surface area contributed by atoms with Gasteiger partial charge in [-0.3, -0.25) is 9.78 Å². The molecule has 3 rings (SSSR count). The van der Waals surface area contributed by atoms with Gasteiger partial charge >= 0.3 is 5.97 Å². The van der Waals surface area contributed by atoms with Crippen molar-refractivity contribution in [1.82, 2.24) is 9.55 Å². The number of rotatable bonds is 3. The third kappa shape index (κ3) is 2.47. The molecule has 0 aliphatic heterocycles. The normalized spacial score (nSPS) is 11.1. The second kappa shape index (κ2) is 6.01. The van der Waals surface area contributed by atoms with Crippen LogP contribution < -0.4 is 5.43 Å². The molecule has 118 valence electrons. The average molecular weight is 331 g/mol. The van der Waals surface area contributed by atoms with E-state index >= 15 is 0 Å². The number of hydrogen-bond donors (Lipinski definition) is 0. The number of halogens is 1. The second-order valence-electron chi connectivity index (χ2n) is 5.03. The van der Waals surface area contributed by atoms with E-state index in [0.29, 0.717) is 28.0 Å². The maximum absolute atomic E-state index is 12.7. The van der Waals surface area contributed by atoms with Crippen molar-refractivity contribution in [2.45, 2.75) is 20.4 Å². The molecular weight excluding hydrogens is 316 g/mol. The molecule has 0 aliphatic rings. The summed E-state index contributed by atoms with van der Waals surface area (Å²) < 4.78 is 6.80. The Morgan fingerprint density at radius 3 is 2.83 bits per heavy atom. The molecule has 0 spiro atoms. The lowest BCUT2D eigenvalue weighted by molar-refractivity contribution is 0.0524. The number of carbonyl (C=O) groups excluding carboxylic acids is 1. The number of pyridine rings is 2. The Morgan fingerprint density at radius 1 is 1.35 bits per heavy atom. The van der Waals surface area contributed by atoms with Crippen LogP contribution in [0.25, 0.3) is 21.8 Å². The Morgan fingerprint density at radius 2 is 2.13 bits per heavy atom. The van der Waals surface area contributed by atoms with Gasteiger partial charge in [0.25, 0.3) is 0 Å². The van der Waals surface area contributed by atoms with Crippen molar-refractivity contribution < 1.29 is 9.53 Å². The molecule has 0 saturated heterocycles. The minimum absolute atomic E-state index is 0.00699. The molecule has 0 saturated carbocycles. The van der Waals surface area contributed by atoms with Crippen molar-refractivity contribution in [3.63, 3.8) is 0 Å². The largest absolute Gasteiger partial charge is 0.462 e. The summed E-state index contributed by atoms with van der Waals surface area (Å²) in [6.45, 7) is 4.42. The highest BCUT2D eigenvalue weighted by Gasteiger charge is 2.19. The topological polar surface area (TPSA) is 61.2 Å². The van der Waals surface area contributed by atoms with Crippen LogP contribution >= 0.6 is 11.6 Å². The van der Waals surface area contributed by atoms with Crippen LogP contribution in [0.5, 0.6) is 0 Å². The maximum atomic E-state index is 12.7. The number of aryl methyl sites for hydroxylation is 1. The highest BCUT2D eigenvalue weighted by molar-refractivity contribution is 6.37. The quantitative estimate of drug-likeness (QED) is 0.545. The van der Waals surface area contributed by atoms with Crippen molar-refractivity contribution in [2.24, 2.45) is 0 Å². The van der Waals surface area contributed by atoms with E-state index in [1.54, 1.807) is 25.3 Å². The van der Waals surface area contributed by atoms with E-state index in [1.165, 1.54) is 6.20 Å². The molecule has 0 bridgehead atoms. The Hall–Kier alpha value is -2.40. The second-order valence-corrected chi connectivity index (χ2v) is 5.44. The molecular formula is C17H15ClN2O3. The van der Waals surface area contributed by atoms with E-state index in [9.17, 15) is 9.59 Å². The maximum Gasteiger partial charge on any atom is 0.343 e. The molecule has 0 amide bonds. The molecule has 0 fully saturated rings. The summed E-state index contributed by atoms with van der Waals surface area (Å²) in [5.41, 5.74) is 0.931. The van der Waals surface area contributed by atoms with E-state index in [0.717, 1.165) is 5.39 Å². The number of hydrogen-bond acceptors (Lipinski definition) is 4. The molecule has 23 heavy (non-hydrogen) atoms. The zero-order valence-electron chi connectivity index (χ0n) is 12.8. The van der Waals surface area contributed by atoms with E-state index in [-0.39, 0.29) is 12.2 Å². The third-order valence-electron chi connectivity index (χ3n) is 3.71. The van der Waals surface area contributed by atoms with Crippen LogP contribution in [0.15, 0.2) is 35.4 Å². The molecule has 6 heteroatoms. The Labute approximate surface area is 137 Å². The summed E-state index contributed by atoms with van der Waals surface area (Å²) in [4.78, 5) is 29.1. The van der Waals surface area contributed by atoms with Crippen LogP contribution in [-0.2, 0) is 11.3 Å². The van der Waals surface area contributed by atoms with Gasteiger partial charge in [0.05, 0.1) is 28.0 Å². The number of aromatic nitrogens is 2. The Kier molecular flexibility index (Phi) is 4.05. The summed E-state index contributed by atoms with van der Waals surface area (Å²) in [5.74, 6) is -0.626. The first kappa shape index (κ1) is 15.5. The minimum Gasteiger partial charge on any atom is -0.462 e. The summed E-state index contributed by atoms with van der Waals surface area (Å²) in [5, 5.41) is 1.57. The number of fused-ring (bicyclic) bond motifs is 3. The number of nitrogens with zero attached hydrogens (tertiary/aromatic N) is 2. The van der Waals surface area contributed by atoms with Gasteiger partial charge in [-0.05, 0) is 32.0 Å². The SMILES string of the molecule is CCOC(=O)c1cn(CC)c2c(cc(Cl)c3cccnc32)c1=O. The summed E-state index contributed by atoms with van der Waals surface area (Å²) in [6, 6.07) is 5.24. The van der Waals surface area contributed by atoms with Gasteiger partial charge in [0.15, 0.2) is 0 Å². The standard InChI is InChI=1S/C17H15ClN2O3/c1-3-20-9-12(17(22)23-4-2)16(21)11-8-13(18)10-6-5-7-19-14(10)15(11)20/h5-9H,3-4H2,1-2H3. The fourth-order valence-corrected chi connectivity index (χ4v) is 2.94. The van der Waals surface area contributed by atoms with Crippen LogP contribution in [0.3, 0.4) is 0 Å². The number of ether oxygens (including phenoxy) is 1. The lowest BCUT2D eigenvalue weighted by atomic mass is 10.1. The molecule has 0 radical (unpaired) electrons. The number of carbonyl (C=O) groups is 1. The third-order valence-corrected chi connectivity index (χ3v) is 4.03. The smallest absolute Gasteiger partial charge is 0.343 e. The zero-order chi connectivity index (χ0) is 16.6. The van der Waals surface area contributed by atoms with Gasteiger partial charge in [0.2, 0.25) is 5.43 Å². The first-order chi connectivity index (χ1) is 11.1. The minimum atomic E-state index is -0.626. The van der Waals surface area contributed by atoms with E-state index < -0.39 is 11.4 Å². The van der Waals surface area contributed by atoms with E-state index in [1.807, 2.05) is 17.6 Å². The average Bonchev–Trinajstić information content (AvgIpc) is 2.56. The van der Waals surface area contributed by atoms with Crippen molar-refractivity contribution in [1.29, 1.82) is 0 Å². The molecule has 1 aromatic carbocycles. The van der Waals surface area contributed by atoms with Gasteiger partial charge < -0.3 is 9.30 Å². The van der Waals surface area contributed by atoms with Crippen LogP contribution in [-0.4, -0.2) is 22.1 Å². The monoisotopic (exact) mass is 330 g/mol. The molecule has 0 N–H and O–H groups in total. The highest BCUT2D eigenvalue weighted by atomic mass is 35.5. The van der Waals surface area contributed by atoms with Crippen LogP contribution in [0.4, 0.5) is 0 Å². The molecule has 2 heterocycles. The summed E-state index contributed by atoms with van der Waals surface area (Å²) in [6.07, 6.45) is 3.19. The van der Waals surface area contributed by atoms with Gasteiger partial charge in [-0.1, -0.05) is 11.6 Å². The fourth-order valence-electron chi connectivity index (χ4n) is 2.68. The molecule has 2 aromatic heterocycles.